The molecule has 156 valence electrons. The minimum absolute atomic E-state index is 0.194. The van der Waals surface area contributed by atoms with Crippen LogP contribution in [0.1, 0.15) is 30.4 Å². The summed E-state index contributed by atoms with van der Waals surface area (Å²) in [6.07, 6.45) is 3.67. The lowest BCUT2D eigenvalue weighted by atomic mass is 9.64. The molecule has 0 aliphatic heterocycles. The van der Waals surface area contributed by atoms with Crippen molar-refractivity contribution in [1.82, 2.24) is 10.6 Å². The Morgan fingerprint density at radius 2 is 1.66 bits per heavy atom. The number of nitrogens with one attached hydrogen (secondary N) is 2. The summed E-state index contributed by atoms with van der Waals surface area (Å²) >= 11 is 0. The molecule has 0 radical (unpaired) electrons. The third kappa shape index (κ3) is 4.42. The lowest BCUT2D eigenvalue weighted by Gasteiger charge is -2.43. The van der Waals surface area contributed by atoms with Crippen molar-refractivity contribution in [3.8, 4) is 17.2 Å². The molecular formula is C23H31N3O3. The van der Waals surface area contributed by atoms with Crippen LogP contribution in [0.15, 0.2) is 47.5 Å². The van der Waals surface area contributed by atoms with Gasteiger partial charge in [0.05, 0.1) is 21.3 Å². The van der Waals surface area contributed by atoms with E-state index in [-0.39, 0.29) is 5.41 Å². The van der Waals surface area contributed by atoms with Crippen LogP contribution >= 0.6 is 0 Å². The van der Waals surface area contributed by atoms with Gasteiger partial charge < -0.3 is 24.8 Å². The fourth-order valence-corrected chi connectivity index (χ4v) is 3.92. The van der Waals surface area contributed by atoms with E-state index in [0.29, 0.717) is 23.8 Å². The summed E-state index contributed by atoms with van der Waals surface area (Å²) in [4.78, 5) is 4.39. The monoisotopic (exact) mass is 397 g/mol. The van der Waals surface area contributed by atoms with Crippen molar-refractivity contribution < 1.29 is 14.2 Å². The Labute approximate surface area is 173 Å². The normalized spacial score (nSPS) is 15.2. The van der Waals surface area contributed by atoms with Crippen LogP contribution in [0.3, 0.4) is 0 Å². The molecule has 1 aliphatic carbocycles. The molecule has 2 N–H and O–H groups in total. The Kier molecular flexibility index (Phi) is 6.86. The molecule has 0 bridgehead atoms. The second-order valence-electron chi connectivity index (χ2n) is 7.27. The number of hydrogen-bond acceptors (Lipinski definition) is 4. The van der Waals surface area contributed by atoms with Gasteiger partial charge in [0.15, 0.2) is 17.5 Å². The van der Waals surface area contributed by atoms with Gasteiger partial charge in [0.1, 0.15) is 0 Å². The van der Waals surface area contributed by atoms with Crippen LogP contribution in [-0.4, -0.2) is 40.9 Å². The van der Waals surface area contributed by atoms with Crippen molar-refractivity contribution in [3.05, 3.63) is 53.6 Å². The first-order valence-corrected chi connectivity index (χ1v) is 9.95. The topological polar surface area (TPSA) is 64.1 Å². The first kappa shape index (κ1) is 20.8. The average Bonchev–Trinajstić information content (AvgIpc) is 2.74. The van der Waals surface area contributed by atoms with Crippen molar-refractivity contribution in [2.45, 2.75) is 31.2 Å². The molecule has 2 aromatic carbocycles. The summed E-state index contributed by atoms with van der Waals surface area (Å²) in [5.74, 6) is 2.67. The van der Waals surface area contributed by atoms with E-state index >= 15 is 0 Å². The van der Waals surface area contributed by atoms with Gasteiger partial charge in [-0.3, -0.25) is 4.99 Å². The maximum atomic E-state index is 5.57. The number of methoxy groups -OCH3 is 3. The zero-order chi connectivity index (χ0) is 20.7. The van der Waals surface area contributed by atoms with Gasteiger partial charge in [-0.25, -0.2) is 0 Å². The first-order chi connectivity index (χ1) is 14.2. The van der Waals surface area contributed by atoms with Gasteiger partial charge in [-0.1, -0.05) is 36.8 Å². The highest BCUT2D eigenvalue weighted by molar-refractivity contribution is 5.80. The zero-order valence-electron chi connectivity index (χ0n) is 17.7. The smallest absolute Gasteiger partial charge is 0.203 e. The van der Waals surface area contributed by atoms with Crippen LogP contribution in [0, 0.1) is 0 Å². The van der Waals surface area contributed by atoms with Gasteiger partial charge in [-0.15, -0.1) is 0 Å². The third-order valence-corrected chi connectivity index (χ3v) is 5.75. The molecule has 0 saturated heterocycles. The Morgan fingerprint density at radius 1 is 0.931 bits per heavy atom. The summed E-state index contributed by atoms with van der Waals surface area (Å²) in [6, 6.07) is 14.6. The van der Waals surface area contributed by atoms with E-state index in [1.165, 1.54) is 24.8 Å². The van der Waals surface area contributed by atoms with Crippen molar-refractivity contribution >= 4 is 5.96 Å². The molecule has 0 heterocycles. The van der Waals surface area contributed by atoms with E-state index < -0.39 is 0 Å². The van der Waals surface area contributed by atoms with Gasteiger partial charge in [0.2, 0.25) is 5.75 Å². The lowest BCUT2D eigenvalue weighted by Crippen LogP contribution is -2.48. The fourth-order valence-electron chi connectivity index (χ4n) is 3.92. The van der Waals surface area contributed by atoms with Gasteiger partial charge in [-0.05, 0) is 30.5 Å². The van der Waals surface area contributed by atoms with Crippen LogP contribution in [0.4, 0.5) is 0 Å². The summed E-state index contributed by atoms with van der Waals surface area (Å²) in [5, 5.41) is 6.90. The molecule has 29 heavy (non-hydrogen) atoms. The SMILES string of the molecule is CN=C(NCc1ccc(OC)c(OC)c1OC)NCC1(c2ccccc2)CCC1. The molecule has 6 nitrogen and oxygen atoms in total. The molecule has 6 heteroatoms. The van der Waals surface area contributed by atoms with E-state index in [1.54, 1.807) is 28.4 Å². The number of ether oxygens (including phenoxy) is 3. The molecule has 0 aromatic heterocycles. The van der Waals surface area contributed by atoms with Crippen molar-refractivity contribution in [1.29, 1.82) is 0 Å². The number of benzene rings is 2. The van der Waals surface area contributed by atoms with Gasteiger partial charge in [0, 0.05) is 31.1 Å². The number of hydrogen-bond donors (Lipinski definition) is 2. The Bertz CT molecular complexity index is 833. The predicted molar refractivity (Wildman–Crippen MR) is 116 cm³/mol. The van der Waals surface area contributed by atoms with E-state index in [9.17, 15) is 0 Å². The summed E-state index contributed by atoms with van der Waals surface area (Å²) < 4.78 is 16.4. The van der Waals surface area contributed by atoms with Crippen molar-refractivity contribution in [3.63, 3.8) is 0 Å². The Morgan fingerprint density at radius 3 is 2.21 bits per heavy atom. The molecule has 1 aliphatic rings. The van der Waals surface area contributed by atoms with Gasteiger partial charge in [0.25, 0.3) is 0 Å². The van der Waals surface area contributed by atoms with Gasteiger partial charge >= 0.3 is 0 Å². The van der Waals surface area contributed by atoms with Crippen LogP contribution in [0.25, 0.3) is 0 Å². The minimum atomic E-state index is 0.194. The lowest BCUT2D eigenvalue weighted by molar-refractivity contribution is 0.244. The van der Waals surface area contributed by atoms with E-state index in [2.05, 4.69) is 46.0 Å². The quantitative estimate of drug-likeness (QED) is 0.527. The zero-order valence-corrected chi connectivity index (χ0v) is 17.7. The highest BCUT2D eigenvalue weighted by Crippen LogP contribution is 2.43. The third-order valence-electron chi connectivity index (χ3n) is 5.75. The highest BCUT2D eigenvalue weighted by atomic mass is 16.5. The average molecular weight is 398 g/mol. The van der Waals surface area contributed by atoms with E-state index in [1.807, 2.05) is 12.1 Å². The van der Waals surface area contributed by atoms with Crippen molar-refractivity contribution in [2.75, 3.05) is 34.9 Å². The molecule has 2 aromatic rings. The van der Waals surface area contributed by atoms with Crippen LogP contribution in [-0.2, 0) is 12.0 Å². The summed E-state index contributed by atoms with van der Waals surface area (Å²) in [7, 11) is 6.65. The van der Waals surface area contributed by atoms with Crippen LogP contribution < -0.4 is 24.8 Å². The molecule has 1 fully saturated rings. The number of guanidine groups is 1. The van der Waals surface area contributed by atoms with Crippen LogP contribution in [0.5, 0.6) is 17.2 Å². The summed E-state index contributed by atoms with van der Waals surface area (Å²) in [6.45, 7) is 1.42. The standard InChI is InChI=1S/C23H31N3O3/c1-24-22(26-16-23(13-8-14-23)18-9-6-5-7-10-18)25-15-17-11-12-19(27-2)21(29-4)20(17)28-3/h5-7,9-12H,8,13-16H2,1-4H3,(H2,24,25,26). The maximum Gasteiger partial charge on any atom is 0.203 e. The number of aliphatic imine (C=N–C) groups is 1. The largest absolute Gasteiger partial charge is 0.493 e. The molecule has 3 rings (SSSR count). The van der Waals surface area contributed by atoms with E-state index in [0.717, 1.165) is 18.1 Å². The Balaban J connectivity index is 1.66. The number of rotatable bonds is 8. The minimum Gasteiger partial charge on any atom is -0.493 e. The van der Waals surface area contributed by atoms with E-state index in [4.69, 9.17) is 14.2 Å². The Hall–Kier alpha value is -2.89. The molecule has 1 saturated carbocycles. The first-order valence-electron chi connectivity index (χ1n) is 9.95. The predicted octanol–water partition coefficient (Wildman–Crippen LogP) is 3.50. The number of nitrogens with zero attached hydrogens (tertiary/aromatic N) is 1. The van der Waals surface area contributed by atoms with Crippen LogP contribution in [0.2, 0.25) is 0 Å². The molecule has 0 amide bonds. The van der Waals surface area contributed by atoms with Crippen molar-refractivity contribution in [2.24, 2.45) is 4.99 Å². The second kappa shape index (κ2) is 9.54. The molecule has 0 unspecified atom stereocenters. The van der Waals surface area contributed by atoms with Gasteiger partial charge in [-0.2, -0.15) is 0 Å². The summed E-state index contributed by atoms with van der Waals surface area (Å²) in [5.41, 5.74) is 2.56. The fraction of sp³-hybridized carbons (Fsp3) is 0.435. The molecule has 0 atom stereocenters. The molecular weight excluding hydrogens is 366 g/mol. The molecule has 0 spiro atoms. The highest BCUT2D eigenvalue weighted by Gasteiger charge is 2.38. The second-order valence-corrected chi connectivity index (χ2v) is 7.27. The maximum absolute atomic E-state index is 5.57.